The van der Waals surface area contributed by atoms with E-state index in [0.29, 0.717) is 6.07 Å². The maximum absolute atomic E-state index is 13.0. The van der Waals surface area contributed by atoms with Gasteiger partial charge in [-0.15, -0.1) is 0 Å². The second kappa shape index (κ2) is 7.72. The summed E-state index contributed by atoms with van der Waals surface area (Å²) < 4.78 is 69.4. The lowest BCUT2D eigenvalue weighted by molar-refractivity contribution is -0.137. The third-order valence-electron chi connectivity index (χ3n) is 2.48. The first-order valence-corrected chi connectivity index (χ1v) is 7.61. The summed E-state index contributed by atoms with van der Waals surface area (Å²) in [6.45, 7) is -0.536. The number of anilines is 1. The Bertz CT molecular complexity index is 593. The first-order valence-electron chi connectivity index (χ1n) is 6.13. The summed E-state index contributed by atoms with van der Waals surface area (Å²) in [6.07, 6.45) is -3.98. The van der Waals surface area contributed by atoms with E-state index in [0.717, 1.165) is 6.20 Å². The van der Waals surface area contributed by atoms with Crippen molar-refractivity contribution >= 4 is 15.8 Å². The van der Waals surface area contributed by atoms with Crippen LogP contribution in [0.2, 0.25) is 0 Å². The van der Waals surface area contributed by atoms with Gasteiger partial charge in [-0.1, -0.05) is 0 Å². The molecule has 0 atom stereocenters. The molecule has 1 aromatic rings. The number of aliphatic hydroxyl groups excluding tert-OH is 1. The molecular formula is C11H16F3N3O4S. The van der Waals surface area contributed by atoms with Crippen LogP contribution in [0.25, 0.3) is 0 Å². The molecule has 0 aliphatic heterocycles. The largest absolute Gasteiger partial charge is 0.419 e. The Hall–Kier alpha value is -1.43. The molecule has 0 unspecified atom stereocenters. The number of ether oxygens (including phenoxy) is 1. The lowest BCUT2D eigenvalue weighted by Crippen LogP contribution is -2.28. The van der Waals surface area contributed by atoms with Gasteiger partial charge in [0.15, 0.2) is 0 Å². The van der Waals surface area contributed by atoms with Crippen molar-refractivity contribution in [3.05, 3.63) is 17.8 Å². The quantitative estimate of drug-likeness (QED) is 0.592. The van der Waals surface area contributed by atoms with E-state index in [-0.39, 0.29) is 19.7 Å². The fraction of sp³-hybridized carbons (Fsp3) is 0.545. The highest BCUT2D eigenvalue weighted by Gasteiger charge is 2.35. The van der Waals surface area contributed by atoms with Gasteiger partial charge in [0, 0.05) is 26.4 Å². The van der Waals surface area contributed by atoms with Crippen LogP contribution in [0.1, 0.15) is 5.56 Å². The summed E-state index contributed by atoms with van der Waals surface area (Å²) in [5.74, 6) is -0.544. The molecule has 0 saturated carbocycles. The fourth-order valence-corrected chi connectivity index (χ4v) is 2.47. The van der Waals surface area contributed by atoms with Crippen molar-refractivity contribution in [2.45, 2.75) is 11.1 Å². The van der Waals surface area contributed by atoms with Crippen molar-refractivity contribution in [1.82, 2.24) is 9.71 Å². The minimum atomic E-state index is -4.79. The molecule has 22 heavy (non-hydrogen) atoms. The predicted molar refractivity (Wildman–Crippen MR) is 71.9 cm³/mol. The van der Waals surface area contributed by atoms with E-state index in [1.807, 2.05) is 0 Å². The van der Waals surface area contributed by atoms with Crippen molar-refractivity contribution in [2.24, 2.45) is 0 Å². The van der Waals surface area contributed by atoms with Gasteiger partial charge in [-0.2, -0.15) is 13.2 Å². The van der Waals surface area contributed by atoms with Crippen LogP contribution in [0.4, 0.5) is 19.0 Å². The van der Waals surface area contributed by atoms with Crippen LogP contribution in [0, 0.1) is 0 Å². The second-order valence-corrected chi connectivity index (χ2v) is 5.87. The molecule has 0 aromatic carbocycles. The summed E-state index contributed by atoms with van der Waals surface area (Å²) in [6, 6.07) is 0.488. The molecule has 1 rings (SSSR count). The average molecular weight is 343 g/mol. The maximum Gasteiger partial charge on any atom is 0.419 e. The van der Waals surface area contributed by atoms with Gasteiger partial charge in [0.1, 0.15) is 10.7 Å². The lowest BCUT2D eigenvalue weighted by Gasteiger charge is -2.15. The topological polar surface area (TPSA) is 101 Å². The molecule has 0 amide bonds. The average Bonchev–Trinajstić information content (AvgIpc) is 2.44. The minimum absolute atomic E-state index is 0.0783. The zero-order valence-corrected chi connectivity index (χ0v) is 12.5. The smallest absolute Gasteiger partial charge is 0.395 e. The number of hydrogen-bond acceptors (Lipinski definition) is 6. The summed E-state index contributed by atoms with van der Waals surface area (Å²) in [5, 5.41) is 10.9. The molecule has 7 nitrogen and oxygen atoms in total. The molecule has 126 valence electrons. The molecule has 1 heterocycles. The van der Waals surface area contributed by atoms with E-state index in [1.165, 1.54) is 7.11 Å². The molecule has 0 fully saturated rings. The number of nitrogens with zero attached hydrogens (tertiary/aromatic N) is 1. The van der Waals surface area contributed by atoms with Crippen LogP contribution in [0.15, 0.2) is 17.2 Å². The summed E-state index contributed by atoms with van der Waals surface area (Å²) in [7, 11) is -2.76. The Morgan fingerprint density at radius 1 is 1.36 bits per heavy atom. The van der Waals surface area contributed by atoms with E-state index >= 15 is 0 Å². The summed E-state index contributed by atoms with van der Waals surface area (Å²) in [5.41, 5.74) is -1.23. The standard InChI is InChI=1S/C11H16F3N3O4S/c1-21-5-3-17-22(19,20)8-6-9(11(12,13)14)10(16-7-8)15-2-4-18/h6-7,17-18H,2-5H2,1H3,(H,15,16). The Morgan fingerprint density at radius 3 is 2.59 bits per heavy atom. The molecular weight excluding hydrogens is 327 g/mol. The zero-order chi connectivity index (χ0) is 16.8. The number of aromatic nitrogens is 1. The first kappa shape index (κ1) is 18.6. The number of hydrogen-bond donors (Lipinski definition) is 3. The van der Waals surface area contributed by atoms with E-state index in [2.05, 4.69) is 19.8 Å². The Balaban J connectivity index is 3.13. The predicted octanol–water partition coefficient (Wildman–Crippen LogP) is 0.429. The minimum Gasteiger partial charge on any atom is -0.395 e. The normalized spacial score (nSPS) is 12.4. The van der Waals surface area contributed by atoms with Gasteiger partial charge >= 0.3 is 6.18 Å². The third kappa shape index (κ3) is 5.09. The van der Waals surface area contributed by atoms with Crippen LogP contribution in [-0.4, -0.2) is 51.9 Å². The molecule has 1 aromatic heterocycles. The summed E-state index contributed by atoms with van der Waals surface area (Å²) in [4.78, 5) is 2.88. The van der Waals surface area contributed by atoms with Crippen molar-refractivity contribution in [2.75, 3.05) is 38.7 Å². The first-order chi connectivity index (χ1) is 10.2. The van der Waals surface area contributed by atoms with Crippen LogP contribution in [-0.2, 0) is 20.9 Å². The molecule has 0 spiro atoms. The van der Waals surface area contributed by atoms with Crippen molar-refractivity contribution in [1.29, 1.82) is 0 Å². The molecule has 11 heteroatoms. The molecule has 0 aliphatic rings. The number of nitrogens with one attached hydrogen (secondary N) is 2. The Kier molecular flexibility index (Phi) is 6.53. The molecule has 0 bridgehead atoms. The highest BCUT2D eigenvalue weighted by molar-refractivity contribution is 7.89. The van der Waals surface area contributed by atoms with Gasteiger partial charge in [-0.3, -0.25) is 0 Å². The zero-order valence-electron chi connectivity index (χ0n) is 11.6. The maximum atomic E-state index is 13.0. The number of halogens is 3. The number of rotatable bonds is 8. The number of methoxy groups -OCH3 is 1. The van der Waals surface area contributed by atoms with Gasteiger partial charge in [0.2, 0.25) is 10.0 Å². The van der Waals surface area contributed by atoms with E-state index in [4.69, 9.17) is 5.11 Å². The Labute approximate surface area is 125 Å². The van der Waals surface area contributed by atoms with Crippen molar-refractivity contribution in [3.8, 4) is 0 Å². The van der Waals surface area contributed by atoms with Crippen LogP contribution in [0.3, 0.4) is 0 Å². The highest BCUT2D eigenvalue weighted by Crippen LogP contribution is 2.34. The molecule has 0 aliphatic carbocycles. The number of pyridine rings is 1. The van der Waals surface area contributed by atoms with Crippen molar-refractivity contribution < 1.29 is 31.4 Å². The van der Waals surface area contributed by atoms with Crippen LogP contribution < -0.4 is 10.0 Å². The third-order valence-corrected chi connectivity index (χ3v) is 3.91. The highest BCUT2D eigenvalue weighted by atomic mass is 32.2. The fourth-order valence-electron chi connectivity index (χ4n) is 1.49. The van der Waals surface area contributed by atoms with E-state index in [9.17, 15) is 21.6 Å². The second-order valence-electron chi connectivity index (χ2n) is 4.11. The lowest BCUT2D eigenvalue weighted by atomic mass is 10.2. The van der Waals surface area contributed by atoms with E-state index in [1.54, 1.807) is 0 Å². The van der Waals surface area contributed by atoms with E-state index < -0.39 is 39.1 Å². The van der Waals surface area contributed by atoms with Crippen LogP contribution in [0.5, 0.6) is 0 Å². The van der Waals surface area contributed by atoms with Gasteiger partial charge in [0.05, 0.1) is 18.8 Å². The monoisotopic (exact) mass is 343 g/mol. The van der Waals surface area contributed by atoms with Gasteiger partial charge in [-0.05, 0) is 6.07 Å². The van der Waals surface area contributed by atoms with Gasteiger partial charge in [0.25, 0.3) is 0 Å². The van der Waals surface area contributed by atoms with Crippen molar-refractivity contribution in [3.63, 3.8) is 0 Å². The molecule has 0 radical (unpaired) electrons. The number of alkyl halides is 3. The van der Waals surface area contributed by atoms with Gasteiger partial charge in [-0.25, -0.2) is 18.1 Å². The van der Waals surface area contributed by atoms with Gasteiger partial charge < -0.3 is 15.2 Å². The SMILES string of the molecule is COCCNS(=O)(=O)c1cnc(NCCO)c(C(F)(F)F)c1. The molecule has 3 N–H and O–H groups in total. The summed E-state index contributed by atoms with van der Waals surface area (Å²) >= 11 is 0. The van der Waals surface area contributed by atoms with Crippen LogP contribution >= 0.6 is 0 Å². The number of aliphatic hydroxyl groups is 1. The Morgan fingerprint density at radius 2 is 2.05 bits per heavy atom. The molecule has 0 saturated heterocycles. The number of sulfonamides is 1.